The summed E-state index contributed by atoms with van der Waals surface area (Å²) in [7, 11) is 0. The Balaban J connectivity index is 2.25. The molecule has 0 atom stereocenters. The molecular weight excluding hydrogens is 333 g/mol. The minimum atomic E-state index is 0.901. The first-order valence-corrected chi connectivity index (χ1v) is 6.88. The minimum absolute atomic E-state index is 0.901. The summed E-state index contributed by atoms with van der Waals surface area (Å²) in [5.41, 5.74) is 5.05. The van der Waals surface area contributed by atoms with Crippen LogP contribution < -0.4 is 3.11 Å². The molecule has 92 valence electrons. The second kappa shape index (κ2) is 6.05. The summed E-state index contributed by atoms with van der Waals surface area (Å²) < 4.78 is 2.23. The first-order valence-electron chi connectivity index (χ1n) is 5.91. The highest BCUT2D eigenvalue weighted by Gasteiger charge is 2.08. The molecule has 0 aliphatic heterocycles. The molecule has 18 heavy (non-hydrogen) atoms. The summed E-state index contributed by atoms with van der Waals surface area (Å²) in [6, 6.07) is 16.8. The van der Waals surface area contributed by atoms with Crippen molar-refractivity contribution in [1.82, 2.24) is 0 Å². The lowest BCUT2D eigenvalue weighted by Crippen LogP contribution is -2.10. The third-order valence-electron chi connectivity index (χ3n) is 2.99. The molecule has 2 rings (SSSR count). The van der Waals surface area contributed by atoms with Gasteiger partial charge in [0.2, 0.25) is 0 Å². The van der Waals surface area contributed by atoms with Crippen molar-refractivity contribution < 1.29 is 0 Å². The Morgan fingerprint density at radius 2 is 1.78 bits per heavy atom. The van der Waals surface area contributed by atoms with Crippen molar-refractivity contribution in [2.75, 3.05) is 3.11 Å². The van der Waals surface area contributed by atoms with Gasteiger partial charge in [-0.2, -0.15) is 0 Å². The molecule has 0 unspecified atom stereocenters. The molecule has 0 spiro atoms. The zero-order valence-electron chi connectivity index (χ0n) is 10.4. The third kappa shape index (κ3) is 2.93. The van der Waals surface area contributed by atoms with E-state index in [0.29, 0.717) is 0 Å². The Hall–Kier alpha value is -1.29. The maximum absolute atomic E-state index is 3.87. The van der Waals surface area contributed by atoms with Gasteiger partial charge in [0.1, 0.15) is 0 Å². The van der Waals surface area contributed by atoms with E-state index in [1.54, 1.807) is 0 Å². The van der Waals surface area contributed by atoms with Crippen molar-refractivity contribution in [1.29, 1.82) is 0 Å². The van der Waals surface area contributed by atoms with Gasteiger partial charge >= 0.3 is 0 Å². The lowest BCUT2D eigenvalue weighted by atomic mass is 10.1. The fourth-order valence-corrected chi connectivity index (χ4v) is 2.71. The average Bonchev–Trinajstić information content (AvgIpc) is 2.41. The van der Waals surface area contributed by atoms with E-state index in [2.05, 4.69) is 81.9 Å². The second-order valence-corrected chi connectivity index (χ2v) is 5.37. The van der Waals surface area contributed by atoms with Crippen LogP contribution in [-0.4, -0.2) is 0 Å². The van der Waals surface area contributed by atoms with E-state index >= 15 is 0 Å². The molecular formula is C16H16IN. The number of para-hydroxylation sites is 1. The van der Waals surface area contributed by atoms with Crippen LogP contribution in [0.4, 0.5) is 5.69 Å². The normalized spacial score (nSPS) is 10.1. The van der Waals surface area contributed by atoms with Crippen molar-refractivity contribution in [2.24, 2.45) is 0 Å². The number of nitrogens with zero attached hydrogens (tertiary/aromatic N) is 1. The summed E-state index contributed by atoms with van der Waals surface area (Å²) in [5.74, 6) is 0. The van der Waals surface area contributed by atoms with Crippen LogP contribution in [0.5, 0.6) is 0 Å². The lowest BCUT2D eigenvalue weighted by molar-refractivity contribution is 1.06. The van der Waals surface area contributed by atoms with Crippen LogP contribution in [0.15, 0.2) is 55.1 Å². The first kappa shape index (κ1) is 13.1. The van der Waals surface area contributed by atoms with E-state index in [4.69, 9.17) is 0 Å². The molecule has 2 heteroatoms. The van der Waals surface area contributed by atoms with Crippen LogP contribution in [0.25, 0.3) is 6.08 Å². The van der Waals surface area contributed by atoms with Gasteiger partial charge in [0.25, 0.3) is 0 Å². The number of hydrogen-bond acceptors (Lipinski definition) is 1. The average molecular weight is 349 g/mol. The van der Waals surface area contributed by atoms with E-state index in [1.165, 1.54) is 22.4 Å². The number of benzene rings is 2. The van der Waals surface area contributed by atoms with Crippen LogP contribution >= 0.6 is 22.9 Å². The van der Waals surface area contributed by atoms with Gasteiger partial charge in [-0.3, -0.25) is 0 Å². The molecule has 1 nitrogen and oxygen atoms in total. The Morgan fingerprint density at radius 1 is 1.11 bits per heavy atom. The van der Waals surface area contributed by atoms with Gasteiger partial charge in [-0.1, -0.05) is 55.1 Å². The van der Waals surface area contributed by atoms with E-state index in [1.807, 2.05) is 12.1 Å². The van der Waals surface area contributed by atoms with E-state index < -0.39 is 0 Å². The summed E-state index contributed by atoms with van der Waals surface area (Å²) >= 11 is 2.36. The van der Waals surface area contributed by atoms with Crippen LogP contribution in [-0.2, 0) is 6.54 Å². The molecule has 0 N–H and O–H groups in total. The molecule has 0 fully saturated rings. The summed E-state index contributed by atoms with van der Waals surface area (Å²) in [5, 5.41) is 0. The molecule has 2 aromatic rings. The number of anilines is 1. The van der Waals surface area contributed by atoms with Crippen molar-refractivity contribution >= 4 is 34.6 Å². The van der Waals surface area contributed by atoms with Gasteiger partial charge < -0.3 is 3.11 Å². The van der Waals surface area contributed by atoms with Crippen LogP contribution in [0.1, 0.15) is 16.7 Å². The third-order valence-corrected chi connectivity index (χ3v) is 3.85. The molecule has 0 amide bonds. The molecule has 0 aliphatic carbocycles. The van der Waals surface area contributed by atoms with Crippen molar-refractivity contribution in [3.63, 3.8) is 0 Å². The predicted molar refractivity (Wildman–Crippen MR) is 87.9 cm³/mol. The molecule has 2 aromatic carbocycles. The smallest absolute Gasteiger partial charge is 0.0594 e. The van der Waals surface area contributed by atoms with E-state index in [9.17, 15) is 0 Å². The topological polar surface area (TPSA) is 3.24 Å². The monoisotopic (exact) mass is 349 g/mol. The maximum Gasteiger partial charge on any atom is 0.0594 e. The zero-order chi connectivity index (χ0) is 13.0. The maximum atomic E-state index is 3.87. The van der Waals surface area contributed by atoms with Gasteiger partial charge in [0, 0.05) is 0 Å². The number of halogens is 1. The molecule has 0 saturated heterocycles. The standard InChI is InChI=1S/C16H16IN/c1-3-14-9-6-7-11-16(14)18(17)12-15-10-5-4-8-13(15)2/h3-11H,1,12H2,2H3. The fourth-order valence-electron chi connectivity index (χ4n) is 1.90. The van der Waals surface area contributed by atoms with Crippen LogP contribution in [0.2, 0.25) is 0 Å². The Bertz CT molecular complexity index is 548. The first-order chi connectivity index (χ1) is 8.72. The number of aryl methyl sites for hydroxylation is 1. The number of hydrogen-bond donors (Lipinski definition) is 0. The Labute approximate surface area is 123 Å². The zero-order valence-corrected chi connectivity index (χ0v) is 12.6. The van der Waals surface area contributed by atoms with Crippen LogP contribution in [0.3, 0.4) is 0 Å². The molecule has 0 aromatic heterocycles. The Kier molecular flexibility index (Phi) is 4.42. The summed E-state index contributed by atoms with van der Waals surface area (Å²) in [6.45, 7) is 6.92. The SMILES string of the molecule is C=Cc1ccccc1N(I)Cc1ccccc1C. The predicted octanol–water partition coefficient (Wildman–Crippen LogP) is 4.99. The van der Waals surface area contributed by atoms with Crippen molar-refractivity contribution in [3.05, 3.63) is 71.8 Å². The molecule has 0 aliphatic rings. The quantitative estimate of drug-likeness (QED) is 0.555. The lowest BCUT2D eigenvalue weighted by Gasteiger charge is -2.20. The molecule has 0 radical (unpaired) electrons. The van der Waals surface area contributed by atoms with E-state index in [-0.39, 0.29) is 0 Å². The fraction of sp³-hybridized carbons (Fsp3) is 0.125. The summed E-state index contributed by atoms with van der Waals surface area (Å²) in [4.78, 5) is 0. The van der Waals surface area contributed by atoms with Crippen LogP contribution in [0, 0.1) is 6.92 Å². The van der Waals surface area contributed by atoms with Gasteiger partial charge in [0.15, 0.2) is 0 Å². The van der Waals surface area contributed by atoms with Gasteiger partial charge in [0.05, 0.1) is 35.1 Å². The van der Waals surface area contributed by atoms with Gasteiger partial charge in [-0.25, -0.2) is 0 Å². The largest absolute Gasteiger partial charge is 0.310 e. The number of rotatable bonds is 4. The molecule has 0 saturated carbocycles. The van der Waals surface area contributed by atoms with Crippen molar-refractivity contribution in [2.45, 2.75) is 13.5 Å². The summed E-state index contributed by atoms with van der Waals surface area (Å²) in [6.07, 6.45) is 1.90. The van der Waals surface area contributed by atoms with Gasteiger partial charge in [-0.15, -0.1) is 0 Å². The molecule has 0 bridgehead atoms. The van der Waals surface area contributed by atoms with Gasteiger partial charge in [-0.05, 0) is 29.7 Å². The highest BCUT2D eigenvalue weighted by atomic mass is 127. The minimum Gasteiger partial charge on any atom is -0.310 e. The highest BCUT2D eigenvalue weighted by Crippen LogP contribution is 2.27. The molecule has 0 heterocycles. The van der Waals surface area contributed by atoms with Crippen molar-refractivity contribution in [3.8, 4) is 0 Å². The highest BCUT2D eigenvalue weighted by molar-refractivity contribution is 14.1. The Morgan fingerprint density at radius 3 is 2.50 bits per heavy atom. The van der Waals surface area contributed by atoms with E-state index in [0.717, 1.165) is 6.54 Å². The second-order valence-electron chi connectivity index (χ2n) is 4.21.